The highest BCUT2D eigenvalue weighted by Gasteiger charge is 2.18. The SMILES string of the molecule is CCCCCCC(C)NS(=O)(=O)CCC1CCCCN1. The standard InChI is InChI=1S/C15H32N2O2S/c1-3-4-5-6-9-14(2)17-20(18,19)13-11-15-10-7-8-12-16-15/h14-17H,3-13H2,1-2H3. The lowest BCUT2D eigenvalue weighted by Crippen LogP contribution is -2.39. The van der Waals surface area contributed by atoms with E-state index in [-0.39, 0.29) is 11.8 Å². The van der Waals surface area contributed by atoms with E-state index in [9.17, 15) is 8.42 Å². The Kier molecular flexibility index (Phi) is 8.73. The van der Waals surface area contributed by atoms with Crippen LogP contribution in [0.4, 0.5) is 0 Å². The van der Waals surface area contributed by atoms with Crippen molar-refractivity contribution in [3.8, 4) is 0 Å². The van der Waals surface area contributed by atoms with E-state index < -0.39 is 10.0 Å². The zero-order valence-electron chi connectivity index (χ0n) is 13.2. The van der Waals surface area contributed by atoms with Crippen LogP contribution in [0.25, 0.3) is 0 Å². The molecule has 2 N–H and O–H groups in total. The predicted octanol–water partition coefficient (Wildman–Crippen LogP) is 2.80. The molecular formula is C15H32N2O2S. The molecule has 0 bridgehead atoms. The van der Waals surface area contributed by atoms with Crippen molar-refractivity contribution in [3.63, 3.8) is 0 Å². The van der Waals surface area contributed by atoms with Gasteiger partial charge in [-0.25, -0.2) is 13.1 Å². The summed E-state index contributed by atoms with van der Waals surface area (Å²) in [4.78, 5) is 0. The fourth-order valence-corrected chi connectivity index (χ4v) is 4.21. The van der Waals surface area contributed by atoms with Crippen molar-refractivity contribution >= 4 is 10.0 Å². The van der Waals surface area contributed by atoms with Crippen molar-refractivity contribution in [2.45, 2.75) is 83.7 Å². The van der Waals surface area contributed by atoms with Crippen LogP contribution in [0.3, 0.4) is 0 Å². The average molecular weight is 305 g/mol. The lowest BCUT2D eigenvalue weighted by Gasteiger charge is -2.23. The van der Waals surface area contributed by atoms with Crippen LogP contribution in [0, 0.1) is 0 Å². The molecule has 1 aliphatic heterocycles. The van der Waals surface area contributed by atoms with Crippen LogP contribution in [-0.4, -0.2) is 32.8 Å². The van der Waals surface area contributed by atoms with E-state index in [1.165, 1.54) is 32.1 Å². The maximum atomic E-state index is 12.0. The monoisotopic (exact) mass is 304 g/mol. The van der Waals surface area contributed by atoms with Crippen molar-refractivity contribution in [1.82, 2.24) is 10.0 Å². The molecule has 0 saturated carbocycles. The molecule has 120 valence electrons. The van der Waals surface area contributed by atoms with Gasteiger partial charge < -0.3 is 5.32 Å². The third kappa shape index (κ3) is 8.22. The zero-order valence-corrected chi connectivity index (χ0v) is 14.0. The van der Waals surface area contributed by atoms with Gasteiger partial charge in [0.25, 0.3) is 0 Å². The molecule has 0 amide bonds. The van der Waals surface area contributed by atoms with Gasteiger partial charge in [-0.1, -0.05) is 39.0 Å². The third-order valence-electron chi connectivity index (χ3n) is 4.02. The summed E-state index contributed by atoms with van der Waals surface area (Å²) in [5, 5.41) is 3.40. The summed E-state index contributed by atoms with van der Waals surface area (Å²) in [6.45, 7) is 5.19. The second-order valence-electron chi connectivity index (χ2n) is 6.12. The Hall–Kier alpha value is -0.130. The molecule has 0 spiro atoms. The van der Waals surface area contributed by atoms with Gasteiger partial charge in [0.2, 0.25) is 10.0 Å². The van der Waals surface area contributed by atoms with Crippen LogP contribution in [-0.2, 0) is 10.0 Å². The summed E-state index contributed by atoms with van der Waals surface area (Å²) in [6.07, 6.45) is 10.0. The summed E-state index contributed by atoms with van der Waals surface area (Å²) < 4.78 is 26.9. The van der Waals surface area contributed by atoms with Gasteiger partial charge in [-0.3, -0.25) is 0 Å². The van der Waals surface area contributed by atoms with Gasteiger partial charge in [0.15, 0.2) is 0 Å². The highest BCUT2D eigenvalue weighted by Crippen LogP contribution is 2.11. The lowest BCUT2D eigenvalue weighted by atomic mass is 10.0. The van der Waals surface area contributed by atoms with Gasteiger partial charge in [-0.2, -0.15) is 0 Å². The molecule has 0 aromatic rings. The van der Waals surface area contributed by atoms with Crippen molar-refractivity contribution in [3.05, 3.63) is 0 Å². The molecule has 1 aliphatic rings. The summed E-state index contributed by atoms with van der Waals surface area (Å²) in [6, 6.07) is 0.455. The minimum Gasteiger partial charge on any atom is -0.314 e. The summed E-state index contributed by atoms with van der Waals surface area (Å²) in [7, 11) is -3.11. The first-order valence-electron chi connectivity index (χ1n) is 8.27. The first kappa shape index (κ1) is 17.9. The first-order chi connectivity index (χ1) is 9.53. The fourth-order valence-electron chi connectivity index (χ4n) is 2.77. The summed E-state index contributed by atoms with van der Waals surface area (Å²) in [5.41, 5.74) is 0. The van der Waals surface area contributed by atoms with Gasteiger partial charge in [-0.05, 0) is 39.2 Å². The second-order valence-corrected chi connectivity index (χ2v) is 8.00. The van der Waals surface area contributed by atoms with E-state index in [1.54, 1.807) is 0 Å². The zero-order chi connectivity index (χ0) is 14.8. The highest BCUT2D eigenvalue weighted by atomic mass is 32.2. The molecule has 4 nitrogen and oxygen atoms in total. The lowest BCUT2D eigenvalue weighted by molar-refractivity contribution is 0.392. The van der Waals surface area contributed by atoms with E-state index in [1.807, 2.05) is 6.92 Å². The topological polar surface area (TPSA) is 58.2 Å². The third-order valence-corrected chi connectivity index (χ3v) is 5.55. The van der Waals surface area contributed by atoms with Crippen LogP contribution in [0.1, 0.15) is 71.6 Å². The number of unbranched alkanes of at least 4 members (excludes halogenated alkanes) is 3. The number of sulfonamides is 1. The highest BCUT2D eigenvalue weighted by molar-refractivity contribution is 7.89. The van der Waals surface area contributed by atoms with Crippen molar-refractivity contribution < 1.29 is 8.42 Å². The van der Waals surface area contributed by atoms with E-state index in [4.69, 9.17) is 0 Å². The van der Waals surface area contributed by atoms with Crippen molar-refractivity contribution in [2.24, 2.45) is 0 Å². The van der Waals surface area contributed by atoms with Crippen LogP contribution in [0.15, 0.2) is 0 Å². The van der Waals surface area contributed by atoms with E-state index >= 15 is 0 Å². The normalized spacial score (nSPS) is 21.8. The number of hydrogen-bond acceptors (Lipinski definition) is 3. The summed E-state index contributed by atoms with van der Waals surface area (Å²) in [5.74, 6) is 0.254. The Morgan fingerprint density at radius 1 is 1.25 bits per heavy atom. The van der Waals surface area contributed by atoms with Gasteiger partial charge in [0.05, 0.1) is 5.75 Å². The van der Waals surface area contributed by atoms with E-state index in [0.29, 0.717) is 6.04 Å². The minimum absolute atomic E-state index is 0.0659. The number of nitrogens with one attached hydrogen (secondary N) is 2. The maximum Gasteiger partial charge on any atom is 0.211 e. The van der Waals surface area contributed by atoms with Gasteiger partial charge in [0, 0.05) is 12.1 Å². The largest absolute Gasteiger partial charge is 0.314 e. The maximum absolute atomic E-state index is 12.0. The Bertz CT molecular complexity index is 338. The van der Waals surface area contributed by atoms with Crippen LogP contribution in [0.2, 0.25) is 0 Å². The molecule has 0 aromatic heterocycles. The molecule has 1 fully saturated rings. The summed E-state index contributed by atoms with van der Waals surface area (Å²) >= 11 is 0. The number of hydrogen-bond donors (Lipinski definition) is 2. The second kappa shape index (κ2) is 9.74. The quantitative estimate of drug-likeness (QED) is 0.610. The molecule has 0 radical (unpaired) electrons. The molecule has 0 aliphatic carbocycles. The molecule has 2 unspecified atom stereocenters. The predicted molar refractivity (Wildman–Crippen MR) is 85.4 cm³/mol. The molecule has 2 atom stereocenters. The molecule has 5 heteroatoms. The van der Waals surface area contributed by atoms with Gasteiger partial charge in [0.1, 0.15) is 0 Å². The smallest absolute Gasteiger partial charge is 0.211 e. The minimum atomic E-state index is -3.11. The van der Waals surface area contributed by atoms with Gasteiger partial charge in [-0.15, -0.1) is 0 Å². The van der Waals surface area contributed by atoms with Crippen molar-refractivity contribution in [1.29, 1.82) is 0 Å². The van der Waals surface area contributed by atoms with Gasteiger partial charge >= 0.3 is 0 Å². The molecule has 20 heavy (non-hydrogen) atoms. The van der Waals surface area contributed by atoms with Crippen molar-refractivity contribution in [2.75, 3.05) is 12.3 Å². The van der Waals surface area contributed by atoms with E-state index in [2.05, 4.69) is 17.0 Å². The molecule has 1 heterocycles. The van der Waals surface area contributed by atoms with E-state index in [0.717, 1.165) is 32.2 Å². The first-order valence-corrected chi connectivity index (χ1v) is 9.92. The average Bonchev–Trinajstić information content (AvgIpc) is 2.42. The molecule has 0 aromatic carbocycles. The van der Waals surface area contributed by atoms with Crippen LogP contribution in [0.5, 0.6) is 0 Å². The molecule has 1 saturated heterocycles. The van der Waals surface area contributed by atoms with Crippen LogP contribution >= 0.6 is 0 Å². The Morgan fingerprint density at radius 2 is 2.05 bits per heavy atom. The number of piperidine rings is 1. The Morgan fingerprint density at radius 3 is 2.70 bits per heavy atom. The molecular weight excluding hydrogens is 272 g/mol. The fraction of sp³-hybridized carbons (Fsp3) is 1.00. The Labute approximate surface area is 125 Å². The molecule has 1 rings (SSSR count). The Balaban J connectivity index is 2.18. The number of rotatable bonds is 10. The van der Waals surface area contributed by atoms with Crippen LogP contribution < -0.4 is 10.0 Å².